The van der Waals surface area contributed by atoms with Crippen molar-refractivity contribution in [2.24, 2.45) is 0 Å². The number of nitrogen functional groups attached to an aromatic ring is 1. The number of hydrogen-bond donors (Lipinski definition) is 9. The Labute approximate surface area is 482 Å². The van der Waals surface area contributed by atoms with Gasteiger partial charge in [-0.1, -0.05) is 64.1 Å². The van der Waals surface area contributed by atoms with Gasteiger partial charge >= 0.3 is 23.9 Å². The first-order valence-corrected chi connectivity index (χ1v) is 26.6. The standard InChI is InChI=1S/C16H12Cl4N2O3.C11H9NO4.C7H4Br2ClNO2.C7H7NO2S.C6H7NO4S/c1-22(2)8-5-3-7(4-6-8)21-15(23)9-10(16(24)25)12(18)14(20)13(19)11(9)17;1-16-6-2-3-9-7(4-6)10(13)8(5-12-9)11(14)15;8-2-1-3(9)6(11)4(5(2)10)7(12)13;9-7(10)5-11-6-1-3-8-4-2-6;8-6(12(9,10)11)5-3-1-2-4-7-5/h3-6H,1-2H3,(H,21,23)(H,24,25);2-5H,1H3,(H,12,13)(H,14,15);1H,11H2,(H,12,13);1-4H,5H2,(H,9,10);1-4,6,8H,(H,9,10,11). The van der Waals surface area contributed by atoms with E-state index in [-0.39, 0.29) is 58.9 Å². The second-order valence-electron chi connectivity index (χ2n) is 14.7. The molecule has 3 aromatic heterocycles. The molecule has 77 heavy (non-hydrogen) atoms. The third kappa shape index (κ3) is 18.7. The average molecular weight is 1330 g/mol. The number of aromatic carboxylic acids is 3. The second-order valence-corrected chi connectivity index (χ2v) is 20.8. The summed E-state index contributed by atoms with van der Waals surface area (Å²) in [5, 5.41) is 46.2. The monoisotopic (exact) mass is 1320 g/mol. The van der Waals surface area contributed by atoms with E-state index in [0.29, 0.717) is 31.3 Å². The van der Waals surface area contributed by atoms with Crippen LogP contribution in [0.3, 0.4) is 0 Å². The van der Waals surface area contributed by atoms with Crippen molar-refractivity contribution in [3.63, 3.8) is 0 Å². The lowest BCUT2D eigenvalue weighted by Crippen LogP contribution is -2.18. The number of methoxy groups -OCH3 is 1. The fourth-order valence-corrected chi connectivity index (χ4v) is 9.11. The van der Waals surface area contributed by atoms with Crippen molar-refractivity contribution in [3.05, 3.63) is 176 Å². The fourth-order valence-electron chi connectivity index (χ4n) is 5.64. The average Bonchev–Trinajstić information content (AvgIpc) is 3.38. The van der Waals surface area contributed by atoms with Crippen LogP contribution in [0.2, 0.25) is 25.1 Å². The van der Waals surface area contributed by atoms with Crippen LogP contribution in [0.25, 0.3) is 10.9 Å². The van der Waals surface area contributed by atoms with Crippen molar-refractivity contribution < 1.29 is 67.2 Å². The molecule has 0 saturated heterocycles. The number of aliphatic carboxylic acids is 1. The molecule has 10 N–H and O–H groups in total. The van der Waals surface area contributed by atoms with E-state index in [0.717, 1.165) is 10.6 Å². The van der Waals surface area contributed by atoms with Crippen LogP contribution >= 0.6 is 102 Å². The Morgan fingerprint density at radius 2 is 1.36 bits per heavy atom. The van der Waals surface area contributed by atoms with Gasteiger partial charge in [0.05, 0.1) is 65.9 Å². The number of anilines is 3. The molecule has 7 rings (SSSR count). The highest BCUT2D eigenvalue weighted by Gasteiger charge is 2.29. The summed E-state index contributed by atoms with van der Waals surface area (Å²) in [6.07, 6.45) is 5.80. The predicted octanol–water partition coefficient (Wildman–Crippen LogP) is 10.9. The molecule has 21 nitrogen and oxygen atoms in total. The van der Waals surface area contributed by atoms with E-state index in [9.17, 15) is 42.3 Å². The number of carbonyl (C=O) groups is 5. The third-order valence-electron chi connectivity index (χ3n) is 9.33. The number of aromatic nitrogens is 3. The van der Waals surface area contributed by atoms with Gasteiger partial charge in [0.2, 0.25) is 10.9 Å². The highest BCUT2D eigenvalue weighted by Crippen LogP contribution is 2.42. The van der Waals surface area contributed by atoms with Gasteiger partial charge in [-0.3, -0.25) is 28.9 Å². The molecule has 1 amide bonds. The highest BCUT2D eigenvalue weighted by atomic mass is 79.9. The Morgan fingerprint density at radius 1 is 0.779 bits per heavy atom. The summed E-state index contributed by atoms with van der Waals surface area (Å²) in [4.78, 5) is 80.4. The number of rotatable bonds is 12. The molecule has 0 aliphatic rings. The van der Waals surface area contributed by atoms with Crippen LogP contribution < -0.4 is 26.1 Å². The molecule has 0 aliphatic carbocycles. The lowest BCUT2D eigenvalue weighted by Gasteiger charge is -2.15. The minimum absolute atomic E-state index is 0.0945. The molecule has 0 spiro atoms. The molecule has 0 bridgehead atoms. The number of benzene rings is 4. The van der Waals surface area contributed by atoms with Crippen molar-refractivity contribution in [2.45, 2.75) is 10.3 Å². The minimum atomic E-state index is -4.46. The van der Waals surface area contributed by atoms with Crippen LogP contribution in [0, 0.1) is 0 Å². The number of fused-ring (bicyclic) bond motifs is 1. The van der Waals surface area contributed by atoms with E-state index in [1.807, 2.05) is 19.0 Å². The Morgan fingerprint density at radius 3 is 1.86 bits per heavy atom. The van der Waals surface area contributed by atoms with Crippen molar-refractivity contribution in [2.75, 3.05) is 42.9 Å². The van der Waals surface area contributed by atoms with Gasteiger partial charge in [-0.2, -0.15) is 8.42 Å². The molecule has 0 radical (unpaired) electrons. The molecule has 408 valence electrons. The Kier molecular flexibility index (Phi) is 25.4. The van der Waals surface area contributed by atoms with E-state index in [1.54, 1.807) is 73.1 Å². The molecule has 3 heterocycles. The number of carbonyl (C=O) groups excluding carboxylic acids is 1. The number of nitrogens with one attached hydrogen (secondary N) is 2. The normalized spacial score (nSPS) is 10.8. The number of hydrogen-bond acceptors (Lipinski definition) is 15. The molecule has 0 fully saturated rings. The molecule has 1 unspecified atom stereocenters. The Hall–Kier alpha value is -6.23. The largest absolute Gasteiger partial charge is 0.497 e. The van der Waals surface area contributed by atoms with Gasteiger partial charge in [0.25, 0.3) is 16.0 Å². The molecule has 7 aromatic rings. The number of H-pyrrole nitrogens is 1. The molecule has 4 aromatic carbocycles. The SMILES string of the molecule is CN(C)c1ccc(NC(=O)c2c(Cl)c(Cl)c(Cl)c(Cl)c2C(=O)O)cc1.COc1ccc2[nH]cc(C(=O)O)c(=O)c2c1.Nc1c(Br)cc(Br)c(Cl)c1C(=O)O.O=C(O)CSc1ccncc1.O=S(=O)(O)C(O)c1ccccn1. The van der Waals surface area contributed by atoms with Gasteiger partial charge in [-0.25, -0.2) is 14.4 Å². The van der Waals surface area contributed by atoms with Crippen LogP contribution in [0.4, 0.5) is 17.1 Å². The zero-order valence-electron chi connectivity index (χ0n) is 39.3. The fraction of sp³-hybridized carbons (Fsp3) is 0.106. The summed E-state index contributed by atoms with van der Waals surface area (Å²) in [5.74, 6) is -4.79. The van der Waals surface area contributed by atoms with Crippen molar-refractivity contribution in [1.29, 1.82) is 0 Å². The van der Waals surface area contributed by atoms with Crippen LogP contribution in [-0.2, 0) is 14.9 Å². The first-order chi connectivity index (χ1) is 36.0. The van der Waals surface area contributed by atoms with Gasteiger partial charge in [0.15, 0.2) is 0 Å². The van der Waals surface area contributed by atoms with Crippen LogP contribution in [-0.4, -0.2) is 110 Å². The minimum Gasteiger partial charge on any atom is -0.497 e. The van der Waals surface area contributed by atoms with Gasteiger partial charge in [-0.15, -0.1) is 11.8 Å². The number of aliphatic hydroxyl groups excluding tert-OH is 1. The molecular formula is C47H39Br2Cl5N6O15S2. The van der Waals surface area contributed by atoms with Gasteiger partial charge < -0.3 is 51.2 Å². The zero-order valence-corrected chi connectivity index (χ0v) is 47.9. The summed E-state index contributed by atoms with van der Waals surface area (Å²) in [7, 11) is 0.778. The second kappa shape index (κ2) is 30.1. The summed E-state index contributed by atoms with van der Waals surface area (Å²) in [6.45, 7) is 0. The van der Waals surface area contributed by atoms with Gasteiger partial charge in [-0.05, 0) is 105 Å². The lowest BCUT2D eigenvalue weighted by atomic mass is 10.1. The molecule has 0 saturated carbocycles. The number of nitrogens with two attached hydrogens (primary N) is 1. The topological polar surface area (TPSA) is 350 Å². The third-order valence-corrected chi connectivity index (χ3v) is 14.8. The van der Waals surface area contributed by atoms with Gasteiger partial charge in [0, 0.05) is 69.6 Å². The van der Waals surface area contributed by atoms with E-state index < -0.39 is 56.3 Å². The molecule has 1 atom stereocenters. The highest BCUT2D eigenvalue weighted by molar-refractivity contribution is 9.11. The summed E-state index contributed by atoms with van der Waals surface area (Å²) >= 11 is 37.0. The van der Waals surface area contributed by atoms with Crippen molar-refractivity contribution >= 4 is 169 Å². The Balaban J connectivity index is 0.000000263. The van der Waals surface area contributed by atoms with Crippen molar-refractivity contribution in [3.8, 4) is 5.75 Å². The zero-order chi connectivity index (χ0) is 58.1. The molecule has 30 heteroatoms. The number of aliphatic hydroxyl groups is 1. The maximum absolute atomic E-state index is 12.6. The number of thioether (sulfide) groups is 1. The predicted molar refractivity (Wildman–Crippen MR) is 302 cm³/mol. The quantitative estimate of drug-likeness (QED) is 0.0180. The number of halogens is 7. The van der Waals surface area contributed by atoms with Gasteiger partial charge in [0.1, 0.15) is 16.9 Å². The number of ether oxygens (including phenoxy) is 1. The molecule has 0 aliphatic heterocycles. The van der Waals surface area contributed by atoms with Crippen LogP contribution in [0.5, 0.6) is 5.75 Å². The number of carboxylic acids is 4. The van der Waals surface area contributed by atoms with Crippen LogP contribution in [0.15, 0.2) is 122 Å². The van der Waals surface area contributed by atoms with E-state index in [2.05, 4.69) is 52.1 Å². The maximum Gasteiger partial charge on any atom is 0.341 e. The van der Waals surface area contributed by atoms with Crippen LogP contribution in [0.1, 0.15) is 52.6 Å². The van der Waals surface area contributed by atoms with E-state index in [1.165, 1.54) is 49.5 Å². The summed E-state index contributed by atoms with van der Waals surface area (Å²) in [5.41, 5.74) is 3.80. The molecular weight excluding hydrogens is 1290 g/mol. The van der Waals surface area contributed by atoms with Crippen molar-refractivity contribution in [1.82, 2.24) is 15.0 Å². The maximum atomic E-state index is 12.6. The first kappa shape index (κ1) is 65.1. The first-order valence-electron chi connectivity index (χ1n) is 20.6. The number of pyridine rings is 3. The number of nitrogens with zero attached hydrogens (tertiary/aromatic N) is 3. The number of carboxylic acid groups (broad SMARTS) is 4. The summed E-state index contributed by atoms with van der Waals surface area (Å²) < 4.78 is 35.2. The Bertz CT molecular complexity index is 3440. The summed E-state index contributed by atoms with van der Waals surface area (Å²) in [6, 6.07) is 21.3. The smallest absolute Gasteiger partial charge is 0.341 e. The number of aromatic amines is 1. The number of amides is 1. The van der Waals surface area contributed by atoms with E-state index in [4.69, 9.17) is 93.5 Å². The van der Waals surface area contributed by atoms with E-state index >= 15 is 0 Å². The lowest BCUT2D eigenvalue weighted by molar-refractivity contribution is -0.133.